The van der Waals surface area contributed by atoms with Gasteiger partial charge in [-0.3, -0.25) is 10.1 Å². The largest absolute Gasteiger partial charge is 0.487 e. The zero-order valence-corrected chi connectivity index (χ0v) is 14.5. The average Bonchev–Trinajstić information content (AvgIpc) is 3.07. The maximum Gasteiger partial charge on any atom is 0.288 e. The van der Waals surface area contributed by atoms with Gasteiger partial charge in [-0.05, 0) is 31.2 Å². The zero-order chi connectivity index (χ0) is 18.8. The molecule has 0 aliphatic heterocycles. The number of rotatable bonds is 5. The smallest absolute Gasteiger partial charge is 0.288 e. The first-order valence-electron chi connectivity index (χ1n) is 8.29. The van der Waals surface area contributed by atoms with Crippen LogP contribution in [0.15, 0.2) is 65.2 Å². The molecule has 2 aromatic heterocycles. The number of pyridine rings is 1. The van der Waals surface area contributed by atoms with E-state index in [0.29, 0.717) is 34.0 Å². The summed E-state index contributed by atoms with van der Waals surface area (Å²) in [7, 11) is 0. The molecule has 27 heavy (non-hydrogen) atoms. The molecule has 0 fully saturated rings. The zero-order valence-electron chi connectivity index (χ0n) is 14.5. The summed E-state index contributed by atoms with van der Waals surface area (Å²) in [5.41, 5.74) is 2.21. The summed E-state index contributed by atoms with van der Waals surface area (Å²) in [4.78, 5) is 19.0. The predicted molar refractivity (Wildman–Crippen MR) is 99.4 cm³/mol. The van der Waals surface area contributed by atoms with E-state index in [1.807, 2.05) is 37.3 Å². The molecule has 0 aliphatic rings. The lowest BCUT2D eigenvalue weighted by Gasteiger charge is -2.05. The molecule has 0 saturated heterocycles. The Morgan fingerprint density at radius 3 is 2.74 bits per heavy atom. The lowest BCUT2D eigenvalue weighted by atomic mass is 10.2. The first-order valence-corrected chi connectivity index (χ1v) is 8.29. The third-order valence-electron chi connectivity index (χ3n) is 4.14. The summed E-state index contributed by atoms with van der Waals surface area (Å²) in [6.45, 7) is 2.10. The highest BCUT2D eigenvalue weighted by Gasteiger charge is 2.12. The van der Waals surface area contributed by atoms with Crippen LogP contribution in [-0.4, -0.2) is 14.9 Å². The number of nitrogens with zero attached hydrogens (tertiary/aromatic N) is 3. The van der Waals surface area contributed by atoms with Crippen molar-refractivity contribution in [2.75, 3.05) is 0 Å². The minimum absolute atomic E-state index is 0.0390. The van der Waals surface area contributed by atoms with Gasteiger partial charge in [-0.15, -0.1) is 0 Å². The Bertz CT molecular complexity index is 1120. The van der Waals surface area contributed by atoms with Crippen molar-refractivity contribution < 1.29 is 14.1 Å². The van der Waals surface area contributed by atoms with Gasteiger partial charge in [0.15, 0.2) is 0 Å². The Morgan fingerprint density at radius 2 is 1.96 bits per heavy atom. The number of oxazole rings is 1. The molecule has 0 radical (unpaired) electrons. The Morgan fingerprint density at radius 1 is 1.15 bits per heavy atom. The van der Waals surface area contributed by atoms with Crippen molar-refractivity contribution >= 4 is 16.6 Å². The number of aryl methyl sites for hydroxylation is 1. The van der Waals surface area contributed by atoms with Crippen LogP contribution in [-0.2, 0) is 6.61 Å². The van der Waals surface area contributed by atoms with Crippen LogP contribution in [0.2, 0.25) is 0 Å². The molecule has 0 aliphatic carbocycles. The summed E-state index contributed by atoms with van der Waals surface area (Å²) in [6, 6.07) is 16.4. The van der Waals surface area contributed by atoms with E-state index in [2.05, 4.69) is 9.97 Å². The predicted octanol–water partition coefficient (Wildman–Crippen LogP) is 4.69. The van der Waals surface area contributed by atoms with Crippen molar-refractivity contribution in [3.05, 3.63) is 82.4 Å². The van der Waals surface area contributed by atoms with Gasteiger partial charge < -0.3 is 9.15 Å². The van der Waals surface area contributed by atoms with E-state index < -0.39 is 4.92 Å². The van der Waals surface area contributed by atoms with E-state index in [0.717, 1.165) is 5.56 Å². The van der Waals surface area contributed by atoms with Gasteiger partial charge in [0.2, 0.25) is 5.89 Å². The van der Waals surface area contributed by atoms with E-state index in [-0.39, 0.29) is 12.3 Å². The lowest BCUT2D eigenvalue weighted by Crippen LogP contribution is -1.98. The fourth-order valence-corrected chi connectivity index (χ4v) is 2.70. The maximum absolute atomic E-state index is 10.8. The van der Waals surface area contributed by atoms with Crippen molar-refractivity contribution in [1.82, 2.24) is 9.97 Å². The monoisotopic (exact) mass is 361 g/mol. The van der Waals surface area contributed by atoms with Crippen molar-refractivity contribution in [2.24, 2.45) is 0 Å². The van der Waals surface area contributed by atoms with Crippen LogP contribution in [0.4, 0.5) is 5.69 Å². The molecule has 134 valence electrons. The normalized spacial score (nSPS) is 10.9. The molecule has 0 amide bonds. The fraction of sp³-hybridized carbons (Fsp3) is 0.100. The molecule has 7 nitrogen and oxygen atoms in total. The van der Waals surface area contributed by atoms with Crippen LogP contribution >= 0.6 is 0 Å². The molecular weight excluding hydrogens is 346 g/mol. The molecular formula is C20H15N3O4. The van der Waals surface area contributed by atoms with Gasteiger partial charge in [-0.25, -0.2) is 9.97 Å². The first kappa shape index (κ1) is 16.7. The molecule has 4 aromatic rings. The van der Waals surface area contributed by atoms with Gasteiger partial charge in [-0.1, -0.05) is 18.2 Å². The molecule has 0 atom stereocenters. The maximum atomic E-state index is 10.8. The highest BCUT2D eigenvalue weighted by molar-refractivity contribution is 5.81. The summed E-state index contributed by atoms with van der Waals surface area (Å²) in [6.07, 6.45) is 1.24. The fourth-order valence-electron chi connectivity index (χ4n) is 2.70. The van der Waals surface area contributed by atoms with Gasteiger partial charge in [0.25, 0.3) is 5.69 Å². The number of benzene rings is 2. The Balaban J connectivity index is 1.52. The van der Waals surface area contributed by atoms with Crippen molar-refractivity contribution in [1.29, 1.82) is 0 Å². The third kappa shape index (κ3) is 3.48. The number of ether oxygens (including phenoxy) is 1. The Labute approximate surface area is 154 Å². The summed E-state index contributed by atoms with van der Waals surface area (Å²) in [5, 5.41) is 11.5. The summed E-state index contributed by atoms with van der Waals surface area (Å²) >= 11 is 0. The molecule has 4 rings (SSSR count). The van der Waals surface area contributed by atoms with Crippen LogP contribution < -0.4 is 4.74 Å². The molecule has 0 unspecified atom stereocenters. The molecule has 0 bridgehead atoms. The van der Waals surface area contributed by atoms with Crippen LogP contribution in [0.25, 0.3) is 22.4 Å². The van der Waals surface area contributed by atoms with Crippen LogP contribution in [0.1, 0.15) is 11.5 Å². The number of hydrogen-bond acceptors (Lipinski definition) is 6. The minimum atomic E-state index is -0.464. The summed E-state index contributed by atoms with van der Waals surface area (Å²) < 4.78 is 11.5. The molecule has 2 aromatic carbocycles. The van der Waals surface area contributed by atoms with E-state index in [4.69, 9.17) is 9.15 Å². The second-order valence-electron chi connectivity index (χ2n) is 5.98. The van der Waals surface area contributed by atoms with Crippen molar-refractivity contribution in [3.8, 4) is 17.2 Å². The van der Waals surface area contributed by atoms with Crippen molar-refractivity contribution in [3.63, 3.8) is 0 Å². The Kier molecular flexibility index (Phi) is 4.25. The number of aromatic nitrogens is 2. The quantitative estimate of drug-likeness (QED) is 0.378. The first-order chi connectivity index (χ1) is 13.1. The average molecular weight is 361 g/mol. The highest BCUT2D eigenvalue weighted by atomic mass is 16.6. The number of hydrogen-bond donors (Lipinski definition) is 0. The van der Waals surface area contributed by atoms with Gasteiger partial charge >= 0.3 is 0 Å². The lowest BCUT2D eigenvalue weighted by molar-refractivity contribution is -0.385. The second kappa shape index (κ2) is 6.87. The van der Waals surface area contributed by atoms with Gasteiger partial charge in [0, 0.05) is 23.1 Å². The van der Waals surface area contributed by atoms with Gasteiger partial charge in [0.1, 0.15) is 30.0 Å². The molecule has 0 saturated carbocycles. The van der Waals surface area contributed by atoms with E-state index >= 15 is 0 Å². The van der Waals surface area contributed by atoms with E-state index in [1.165, 1.54) is 12.3 Å². The topological polar surface area (TPSA) is 91.3 Å². The molecule has 7 heteroatoms. The minimum Gasteiger partial charge on any atom is -0.487 e. The number of fused-ring (bicyclic) bond motifs is 1. The van der Waals surface area contributed by atoms with Crippen molar-refractivity contribution in [2.45, 2.75) is 13.5 Å². The standard InChI is InChI=1S/C20H15N3O4/c1-13-19(22-20(27-13)14-5-3-2-4-6-14)12-26-17-8-7-15-9-16(23(24)25)11-21-18(15)10-17/h2-11H,12H2,1H3. The van der Waals surface area contributed by atoms with E-state index in [9.17, 15) is 10.1 Å². The SMILES string of the molecule is Cc1oc(-c2ccccc2)nc1COc1ccc2cc([N+](=O)[O-])cnc2c1. The second-order valence-corrected chi connectivity index (χ2v) is 5.98. The number of nitro groups is 1. The Hall–Kier alpha value is -3.74. The third-order valence-corrected chi connectivity index (χ3v) is 4.14. The highest BCUT2D eigenvalue weighted by Crippen LogP contribution is 2.25. The summed E-state index contributed by atoms with van der Waals surface area (Å²) in [5.74, 6) is 1.86. The van der Waals surface area contributed by atoms with Gasteiger partial charge in [-0.2, -0.15) is 0 Å². The molecule has 0 spiro atoms. The van der Waals surface area contributed by atoms with Crippen LogP contribution in [0.5, 0.6) is 5.75 Å². The van der Waals surface area contributed by atoms with Crippen LogP contribution in [0, 0.1) is 17.0 Å². The van der Waals surface area contributed by atoms with Gasteiger partial charge in [0.05, 0.1) is 10.4 Å². The molecule has 0 N–H and O–H groups in total. The van der Waals surface area contributed by atoms with E-state index in [1.54, 1.807) is 18.2 Å². The van der Waals surface area contributed by atoms with Crippen LogP contribution in [0.3, 0.4) is 0 Å². The molecule has 2 heterocycles.